The van der Waals surface area contributed by atoms with Gasteiger partial charge in [-0.2, -0.15) is 0 Å². The van der Waals surface area contributed by atoms with Gasteiger partial charge in [-0.15, -0.1) is 0 Å². The number of ether oxygens (including phenoxy) is 3. The Kier molecular flexibility index (Phi) is 6.37. The molecule has 0 aliphatic carbocycles. The molecule has 2 aromatic carbocycles. The van der Waals surface area contributed by atoms with Gasteiger partial charge >= 0.3 is 0 Å². The van der Waals surface area contributed by atoms with Gasteiger partial charge in [-0.05, 0) is 36.2 Å². The van der Waals surface area contributed by atoms with E-state index in [1.807, 2.05) is 24.3 Å². The number of hydrogen-bond donors (Lipinski definition) is 1. The minimum Gasteiger partial charge on any atom is -0.497 e. The normalized spacial score (nSPS) is 11.8. The summed E-state index contributed by atoms with van der Waals surface area (Å²) in [5, 5.41) is 2.83. The van der Waals surface area contributed by atoms with Crippen LogP contribution in [0.4, 0.5) is 5.69 Å². The average Bonchev–Trinajstić information content (AvgIpc) is 3.15. The number of rotatable bonds is 8. The molecule has 0 aromatic heterocycles. The van der Waals surface area contributed by atoms with Gasteiger partial charge in [-0.25, -0.2) is 0 Å². The zero-order valence-corrected chi connectivity index (χ0v) is 16.1. The second kappa shape index (κ2) is 9.12. The molecule has 0 bridgehead atoms. The van der Waals surface area contributed by atoms with Crippen LogP contribution in [0.1, 0.15) is 18.9 Å². The zero-order valence-electron chi connectivity index (χ0n) is 16.1. The molecule has 3 rings (SSSR count). The molecule has 1 aliphatic rings. The summed E-state index contributed by atoms with van der Waals surface area (Å²) in [5.74, 6) is 1.85. The lowest BCUT2D eigenvalue weighted by atomic mass is 10.1. The van der Waals surface area contributed by atoms with Crippen molar-refractivity contribution in [1.82, 2.24) is 4.90 Å². The monoisotopic (exact) mass is 384 g/mol. The van der Waals surface area contributed by atoms with E-state index in [-0.39, 0.29) is 25.0 Å². The molecule has 0 spiro atoms. The molecule has 0 unspecified atom stereocenters. The van der Waals surface area contributed by atoms with E-state index in [9.17, 15) is 9.59 Å². The van der Waals surface area contributed by atoms with Crippen LogP contribution in [-0.2, 0) is 16.0 Å². The number of anilines is 1. The Hall–Kier alpha value is -3.22. The second-order valence-corrected chi connectivity index (χ2v) is 6.47. The molecule has 1 aliphatic heterocycles. The molecular weight excluding hydrogens is 360 g/mol. The Morgan fingerprint density at radius 2 is 1.93 bits per heavy atom. The van der Waals surface area contributed by atoms with Crippen molar-refractivity contribution in [3.8, 4) is 17.2 Å². The lowest BCUT2D eigenvalue weighted by molar-refractivity contribution is -0.129. The van der Waals surface area contributed by atoms with Crippen LogP contribution in [0, 0.1) is 0 Å². The van der Waals surface area contributed by atoms with E-state index in [0.717, 1.165) is 11.3 Å². The molecule has 7 nitrogen and oxygen atoms in total. The van der Waals surface area contributed by atoms with Crippen LogP contribution in [0.25, 0.3) is 0 Å². The Morgan fingerprint density at radius 1 is 1.11 bits per heavy atom. The molecule has 2 amide bonds. The van der Waals surface area contributed by atoms with Gasteiger partial charge in [0.2, 0.25) is 18.6 Å². The maximum absolute atomic E-state index is 12.3. The molecule has 0 saturated heterocycles. The van der Waals surface area contributed by atoms with Crippen molar-refractivity contribution in [3.63, 3.8) is 0 Å². The largest absolute Gasteiger partial charge is 0.497 e. The number of carbonyl (C=O) groups excluding carboxylic acids is 2. The summed E-state index contributed by atoms with van der Waals surface area (Å²) in [5.41, 5.74) is 1.72. The van der Waals surface area contributed by atoms with Gasteiger partial charge < -0.3 is 24.4 Å². The molecule has 1 N–H and O–H groups in total. The molecule has 148 valence electrons. The van der Waals surface area contributed by atoms with Crippen LogP contribution in [0.3, 0.4) is 0 Å². The van der Waals surface area contributed by atoms with Gasteiger partial charge in [-0.3, -0.25) is 9.59 Å². The number of hydrogen-bond acceptors (Lipinski definition) is 5. The van der Waals surface area contributed by atoms with E-state index in [1.165, 1.54) is 6.92 Å². The summed E-state index contributed by atoms with van der Waals surface area (Å²) in [4.78, 5) is 25.9. The van der Waals surface area contributed by atoms with E-state index in [4.69, 9.17) is 14.2 Å². The van der Waals surface area contributed by atoms with Gasteiger partial charge in [0.15, 0.2) is 11.5 Å². The number of benzene rings is 2. The minimum absolute atomic E-state index is 0.0567. The Labute approximate surface area is 164 Å². The number of amides is 2. The summed E-state index contributed by atoms with van der Waals surface area (Å²) in [6, 6.07) is 13.0. The third-order valence-electron chi connectivity index (χ3n) is 4.51. The van der Waals surface area contributed by atoms with Gasteiger partial charge in [0, 0.05) is 38.2 Å². The smallest absolute Gasteiger partial charge is 0.231 e. The van der Waals surface area contributed by atoms with Crippen LogP contribution in [0.5, 0.6) is 17.2 Å². The molecule has 1 heterocycles. The van der Waals surface area contributed by atoms with Crippen LogP contribution in [-0.4, -0.2) is 43.7 Å². The summed E-state index contributed by atoms with van der Waals surface area (Å²) in [6.45, 7) is 2.60. The molecule has 7 heteroatoms. The first-order valence-electron chi connectivity index (χ1n) is 9.13. The van der Waals surface area contributed by atoms with Crippen molar-refractivity contribution in [1.29, 1.82) is 0 Å². The summed E-state index contributed by atoms with van der Waals surface area (Å²) in [7, 11) is 1.62. The Morgan fingerprint density at radius 3 is 2.71 bits per heavy atom. The summed E-state index contributed by atoms with van der Waals surface area (Å²) >= 11 is 0. The minimum atomic E-state index is -0.161. The summed E-state index contributed by atoms with van der Waals surface area (Å²) < 4.78 is 15.8. The third kappa shape index (κ3) is 5.16. The predicted molar refractivity (Wildman–Crippen MR) is 105 cm³/mol. The van der Waals surface area contributed by atoms with Gasteiger partial charge in [-0.1, -0.05) is 12.1 Å². The van der Waals surface area contributed by atoms with Crippen LogP contribution >= 0.6 is 0 Å². The van der Waals surface area contributed by atoms with Crippen molar-refractivity contribution in [2.24, 2.45) is 0 Å². The van der Waals surface area contributed by atoms with Crippen molar-refractivity contribution < 1.29 is 23.8 Å². The van der Waals surface area contributed by atoms with E-state index in [0.29, 0.717) is 36.7 Å². The first kappa shape index (κ1) is 19.5. The number of carbonyl (C=O) groups is 2. The Balaban J connectivity index is 1.50. The zero-order chi connectivity index (χ0) is 19.9. The van der Waals surface area contributed by atoms with E-state index in [1.54, 1.807) is 30.2 Å². The predicted octanol–water partition coefficient (Wildman–Crippen LogP) is 2.84. The molecule has 0 fully saturated rings. The van der Waals surface area contributed by atoms with Gasteiger partial charge in [0.25, 0.3) is 0 Å². The molecular formula is C21H24N2O5. The van der Waals surface area contributed by atoms with Crippen LogP contribution in [0.15, 0.2) is 42.5 Å². The van der Waals surface area contributed by atoms with Crippen molar-refractivity contribution in [3.05, 3.63) is 48.0 Å². The Bertz CT molecular complexity index is 852. The lowest BCUT2D eigenvalue weighted by Crippen LogP contribution is -2.33. The van der Waals surface area contributed by atoms with E-state index < -0.39 is 0 Å². The van der Waals surface area contributed by atoms with Crippen LogP contribution < -0.4 is 19.5 Å². The lowest BCUT2D eigenvalue weighted by Gasteiger charge is -2.21. The SMILES string of the molecule is COc1cccc(CCN(CCC(=O)Nc2ccc3c(c2)OCO3)C(C)=O)c1. The molecule has 0 radical (unpaired) electrons. The average molecular weight is 384 g/mol. The van der Waals surface area contributed by atoms with Crippen LogP contribution in [0.2, 0.25) is 0 Å². The standard InChI is InChI=1S/C21H24N2O5/c1-15(24)23(10-8-16-4-3-5-18(12-16)26-2)11-9-21(25)22-17-6-7-19-20(13-17)28-14-27-19/h3-7,12-13H,8-11,14H2,1-2H3,(H,22,25). The maximum Gasteiger partial charge on any atom is 0.231 e. The molecule has 0 saturated carbocycles. The highest BCUT2D eigenvalue weighted by Gasteiger charge is 2.15. The van der Waals surface area contributed by atoms with Gasteiger partial charge in [0.1, 0.15) is 5.75 Å². The quantitative estimate of drug-likeness (QED) is 0.757. The number of nitrogens with one attached hydrogen (secondary N) is 1. The third-order valence-corrected chi connectivity index (χ3v) is 4.51. The fourth-order valence-corrected chi connectivity index (χ4v) is 2.95. The summed E-state index contributed by atoms with van der Waals surface area (Å²) in [6.07, 6.45) is 0.909. The first-order valence-corrected chi connectivity index (χ1v) is 9.13. The maximum atomic E-state index is 12.3. The fourth-order valence-electron chi connectivity index (χ4n) is 2.95. The number of fused-ring (bicyclic) bond motifs is 1. The highest BCUT2D eigenvalue weighted by atomic mass is 16.7. The second-order valence-electron chi connectivity index (χ2n) is 6.47. The van der Waals surface area contributed by atoms with E-state index >= 15 is 0 Å². The van der Waals surface area contributed by atoms with Gasteiger partial charge in [0.05, 0.1) is 7.11 Å². The van der Waals surface area contributed by atoms with Crippen molar-refractivity contribution in [2.45, 2.75) is 19.8 Å². The van der Waals surface area contributed by atoms with Crippen molar-refractivity contribution >= 4 is 17.5 Å². The molecule has 0 atom stereocenters. The molecule has 28 heavy (non-hydrogen) atoms. The first-order chi connectivity index (χ1) is 13.5. The van der Waals surface area contributed by atoms with Crippen molar-refractivity contribution in [2.75, 3.05) is 32.3 Å². The van der Waals surface area contributed by atoms with E-state index in [2.05, 4.69) is 5.32 Å². The molecule has 2 aromatic rings. The highest BCUT2D eigenvalue weighted by Crippen LogP contribution is 2.34. The fraction of sp³-hybridized carbons (Fsp3) is 0.333. The highest BCUT2D eigenvalue weighted by molar-refractivity contribution is 5.91. The number of nitrogens with zero attached hydrogens (tertiary/aromatic N) is 1. The number of methoxy groups -OCH3 is 1. The topological polar surface area (TPSA) is 77.1 Å².